The molecule has 1 saturated carbocycles. The molecule has 1 aliphatic heterocycles. The zero-order chi connectivity index (χ0) is 25.1. The summed E-state index contributed by atoms with van der Waals surface area (Å²) in [7, 11) is 1.62. The Morgan fingerprint density at radius 2 is 1.86 bits per heavy atom. The third kappa shape index (κ3) is 4.76. The van der Waals surface area contributed by atoms with Gasteiger partial charge in [0.15, 0.2) is 5.76 Å². The molecule has 3 aromatic rings. The number of rotatable bonds is 6. The molecule has 5 rings (SSSR count). The van der Waals surface area contributed by atoms with E-state index in [1.807, 2.05) is 37.3 Å². The highest BCUT2D eigenvalue weighted by Crippen LogP contribution is 2.32. The van der Waals surface area contributed by atoms with Gasteiger partial charge in [0.1, 0.15) is 22.7 Å². The van der Waals surface area contributed by atoms with Crippen LogP contribution in [0, 0.1) is 0 Å². The number of amides is 2. The minimum Gasteiger partial charge on any atom is -0.497 e. The minimum atomic E-state index is -1.10. The van der Waals surface area contributed by atoms with Crippen molar-refractivity contribution < 1.29 is 18.7 Å². The molecule has 190 valence electrons. The molecule has 2 aromatic heterocycles. The van der Waals surface area contributed by atoms with Gasteiger partial charge in [-0.1, -0.05) is 44.2 Å². The van der Waals surface area contributed by atoms with Crippen LogP contribution in [0.2, 0.25) is 0 Å². The summed E-state index contributed by atoms with van der Waals surface area (Å²) < 4.78 is 12.4. The van der Waals surface area contributed by atoms with Crippen molar-refractivity contribution in [2.24, 2.45) is 0 Å². The van der Waals surface area contributed by atoms with E-state index in [0.717, 1.165) is 37.0 Å². The number of carbonyl (C=O) groups excluding carboxylic acids is 2. The van der Waals surface area contributed by atoms with Gasteiger partial charge >= 0.3 is 0 Å². The molecule has 1 N–H and O–H groups in total. The Kier molecular flexibility index (Phi) is 6.85. The van der Waals surface area contributed by atoms with E-state index < -0.39 is 5.54 Å². The van der Waals surface area contributed by atoms with Crippen molar-refractivity contribution in [1.82, 2.24) is 20.0 Å². The first-order chi connectivity index (χ1) is 17.5. The van der Waals surface area contributed by atoms with Crippen LogP contribution < -0.4 is 10.1 Å². The Labute approximate surface area is 211 Å². The van der Waals surface area contributed by atoms with Gasteiger partial charge in [0.2, 0.25) is 5.91 Å². The normalized spacial score (nSPS) is 20.9. The fourth-order valence-electron chi connectivity index (χ4n) is 5.29. The Morgan fingerprint density at radius 3 is 2.53 bits per heavy atom. The van der Waals surface area contributed by atoms with Crippen molar-refractivity contribution in [1.29, 1.82) is 0 Å². The SMILES string of the molecule is COc1ccc(CN2C(=O)c3cc(-c4ccco4)nn3CC2(C)C(=O)NC2CCCCCCC2)cc1. The van der Waals surface area contributed by atoms with Crippen LogP contribution in [0.25, 0.3) is 11.5 Å². The largest absolute Gasteiger partial charge is 0.497 e. The maximum Gasteiger partial charge on any atom is 0.273 e. The van der Waals surface area contributed by atoms with E-state index >= 15 is 0 Å². The van der Waals surface area contributed by atoms with Crippen molar-refractivity contribution in [3.63, 3.8) is 0 Å². The molecule has 1 atom stereocenters. The van der Waals surface area contributed by atoms with E-state index in [1.54, 1.807) is 35.1 Å². The highest BCUT2D eigenvalue weighted by atomic mass is 16.5. The third-order valence-corrected chi connectivity index (χ3v) is 7.50. The predicted molar refractivity (Wildman–Crippen MR) is 135 cm³/mol. The molecule has 2 amide bonds. The molecule has 0 saturated heterocycles. The first kappa shape index (κ1) is 24.2. The third-order valence-electron chi connectivity index (χ3n) is 7.50. The van der Waals surface area contributed by atoms with Gasteiger partial charge in [0.25, 0.3) is 5.91 Å². The highest BCUT2D eigenvalue weighted by molar-refractivity contribution is 6.00. The Morgan fingerprint density at radius 1 is 1.14 bits per heavy atom. The summed E-state index contributed by atoms with van der Waals surface area (Å²) in [6.45, 7) is 2.42. The van der Waals surface area contributed by atoms with Crippen LogP contribution in [-0.2, 0) is 17.9 Å². The van der Waals surface area contributed by atoms with Crippen molar-refractivity contribution in [3.05, 3.63) is 60.0 Å². The maximum absolute atomic E-state index is 13.9. The Bertz CT molecular complexity index is 1190. The van der Waals surface area contributed by atoms with E-state index in [4.69, 9.17) is 9.15 Å². The molecule has 8 heteroatoms. The lowest BCUT2D eigenvalue weighted by Crippen LogP contribution is -2.64. The number of nitrogens with zero attached hydrogens (tertiary/aromatic N) is 3. The standard InChI is InChI=1S/C28H34N4O4/c1-28(27(34)29-21-9-6-4-3-5-7-10-21)19-32-24(17-23(30-32)25-11-8-16-36-25)26(33)31(28)18-20-12-14-22(35-2)15-13-20/h8,11-17,21H,3-7,9-10,18-19H2,1-2H3,(H,29,34). The van der Waals surface area contributed by atoms with E-state index in [9.17, 15) is 9.59 Å². The fraction of sp³-hybridized carbons (Fsp3) is 0.464. The number of benzene rings is 1. The van der Waals surface area contributed by atoms with Crippen LogP contribution in [0.5, 0.6) is 5.75 Å². The van der Waals surface area contributed by atoms with E-state index in [1.165, 1.54) is 19.3 Å². The minimum absolute atomic E-state index is 0.129. The molecule has 1 fully saturated rings. The number of hydrogen-bond donors (Lipinski definition) is 1. The second-order valence-corrected chi connectivity index (χ2v) is 10.1. The highest BCUT2D eigenvalue weighted by Gasteiger charge is 2.48. The van der Waals surface area contributed by atoms with Crippen molar-refractivity contribution in [3.8, 4) is 17.2 Å². The number of aromatic nitrogens is 2. The molecular weight excluding hydrogens is 456 g/mol. The summed E-state index contributed by atoms with van der Waals surface area (Å²) >= 11 is 0. The molecule has 3 heterocycles. The van der Waals surface area contributed by atoms with Crippen LogP contribution in [0.15, 0.2) is 53.1 Å². The second-order valence-electron chi connectivity index (χ2n) is 10.1. The van der Waals surface area contributed by atoms with Crippen molar-refractivity contribution in [2.75, 3.05) is 7.11 Å². The number of hydrogen-bond acceptors (Lipinski definition) is 5. The van der Waals surface area contributed by atoms with E-state index in [0.29, 0.717) is 23.7 Å². The van der Waals surface area contributed by atoms with Gasteiger partial charge in [-0.05, 0) is 49.6 Å². The lowest BCUT2D eigenvalue weighted by molar-refractivity contribution is -0.134. The first-order valence-electron chi connectivity index (χ1n) is 12.9. The van der Waals surface area contributed by atoms with Crippen molar-refractivity contribution in [2.45, 2.75) is 76.5 Å². The number of nitrogens with one attached hydrogen (secondary N) is 1. The van der Waals surface area contributed by atoms with Crippen molar-refractivity contribution >= 4 is 11.8 Å². The zero-order valence-electron chi connectivity index (χ0n) is 21.0. The molecular formula is C28H34N4O4. The summed E-state index contributed by atoms with van der Waals surface area (Å²) in [5.41, 5.74) is 0.857. The fourth-order valence-corrected chi connectivity index (χ4v) is 5.29. The zero-order valence-corrected chi connectivity index (χ0v) is 21.0. The Balaban J connectivity index is 1.47. The van der Waals surface area contributed by atoms with E-state index in [-0.39, 0.29) is 24.4 Å². The molecule has 0 radical (unpaired) electrons. The van der Waals surface area contributed by atoms with Gasteiger partial charge < -0.3 is 19.4 Å². The van der Waals surface area contributed by atoms with Crippen LogP contribution in [0.1, 0.15) is 67.9 Å². The van der Waals surface area contributed by atoms with Gasteiger partial charge in [-0.15, -0.1) is 0 Å². The predicted octanol–water partition coefficient (Wildman–Crippen LogP) is 4.80. The average molecular weight is 491 g/mol. The van der Waals surface area contributed by atoms with Gasteiger partial charge in [0.05, 0.1) is 19.9 Å². The molecule has 2 aliphatic rings. The van der Waals surface area contributed by atoms with E-state index in [2.05, 4.69) is 10.4 Å². The molecule has 1 aromatic carbocycles. The Hall–Kier alpha value is -3.55. The molecule has 0 spiro atoms. The molecule has 8 nitrogen and oxygen atoms in total. The number of carbonyl (C=O) groups is 2. The maximum atomic E-state index is 13.9. The summed E-state index contributed by atoms with van der Waals surface area (Å²) in [4.78, 5) is 29.5. The van der Waals surface area contributed by atoms with Crippen LogP contribution in [-0.4, -0.2) is 45.2 Å². The van der Waals surface area contributed by atoms with Gasteiger partial charge in [-0.2, -0.15) is 5.10 Å². The monoisotopic (exact) mass is 490 g/mol. The van der Waals surface area contributed by atoms with Crippen LogP contribution in [0.4, 0.5) is 0 Å². The number of furan rings is 1. The lowest BCUT2D eigenvalue weighted by atomic mass is 9.92. The van der Waals surface area contributed by atoms with Gasteiger partial charge in [-0.3, -0.25) is 14.3 Å². The second kappa shape index (κ2) is 10.2. The summed E-state index contributed by atoms with van der Waals surface area (Å²) in [5, 5.41) is 7.94. The topological polar surface area (TPSA) is 89.6 Å². The quantitative estimate of drug-likeness (QED) is 0.536. The molecule has 0 bridgehead atoms. The van der Waals surface area contributed by atoms with Gasteiger partial charge in [0, 0.05) is 18.7 Å². The lowest BCUT2D eigenvalue weighted by Gasteiger charge is -2.44. The molecule has 36 heavy (non-hydrogen) atoms. The summed E-state index contributed by atoms with van der Waals surface area (Å²) in [6, 6.07) is 13.1. The smallest absolute Gasteiger partial charge is 0.273 e. The molecule has 1 aliphatic carbocycles. The van der Waals surface area contributed by atoms with Crippen LogP contribution >= 0.6 is 0 Å². The number of fused-ring (bicyclic) bond motifs is 1. The van der Waals surface area contributed by atoms with Crippen LogP contribution in [0.3, 0.4) is 0 Å². The summed E-state index contributed by atoms with van der Waals surface area (Å²) in [6.07, 6.45) is 9.45. The van der Waals surface area contributed by atoms with Gasteiger partial charge in [-0.25, -0.2) is 0 Å². The molecule has 1 unspecified atom stereocenters. The summed E-state index contributed by atoms with van der Waals surface area (Å²) in [5.74, 6) is 0.982. The number of methoxy groups -OCH3 is 1. The number of ether oxygens (including phenoxy) is 1. The average Bonchev–Trinajstić information content (AvgIpc) is 3.54. The first-order valence-corrected chi connectivity index (χ1v) is 12.9.